The zero-order chi connectivity index (χ0) is 19.9. The average molecular weight is 403 g/mol. The van der Waals surface area contributed by atoms with Crippen molar-refractivity contribution >= 4 is 23.4 Å². The van der Waals surface area contributed by atoms with Gasteiger partial charge in [-0.05, 0) is 36.4 Å². The summed E-state index contributed by atoms with van der Waals surface area (Å²) in [7, 11) is 3.08. The van der Waals surface area contributed by atoms with Gasteiger partial charge in [0.25, 0.3) is 0 Å². The molecule has 0 saturated carbocycles. The Morgan fingerprint density at radius 2 is 1.96 bits per heavy atom. The summed E-state index contributed by atoms with van der Waals surface area (Å²) in [6, 6.07) is 11.0. The molecule has 0 atom stereocenters. The molecule has 0 aliphatic rings. The molecule has 2 aromatic carbocycles. The maximum Gasteiger partial charge on any atom is 0.236 e. The van der Waals surface area contributed by atoms with Crippen LogP contribution in [0.4, 0.5) is 10.1 Å². The molecule has 0 bridgehead atoms. The van der Waals surface area contributed by atoms with Crippen LogP contribution in [0, 0.1) is 5.82 Å². The van der Waals surface area contributed by atoms with Gasteiger partial charge in [-0.1, -0.05) is 5.16 Å². The number of thioether (sulfide) groups is 1. The van der Waals surface area contributed by atoms with Gasteiger partial charge in [-0.15, -0.1) is 11.8 Å². The van der Waals surface area contributed by atoms with E-state index in [1.54, 1.807) is 37.4 Å². The minimum absolute atomic E-state index is 0.189. The van der Waals surface area contributed by atoms with Gasteiger partial charge in [-0.25, -0.2) is 4.39 Å². The maximum atomic E-state index is 13.0. The summed E-state index contributed by atoms with van der Waals surface area (Å²) in [6.45, 7) is 0. The molecular formula is C19H18FN3O4S. The predicted octanol–water partition coefficient (Wildman–Crippen LogP) is 3.76. The Morgan fingerprint density at radius 1 is 1.18 bits per heavy atom. The van der Waals surface area contributed by atoms with Crippen LogP contribution >= 0.6 is 11.8 Å². The van der Waals surface area contributed by atoms with E-state index in [2.05, 4.69) is 15.5 Å². The number of rotatable bonds is 8. The van der Waals surface area contributed by atoms with Gasteiger partial charge in [-0.2, -0.15) is 4.98 Å². The fraction of sp³-hybridized carbons (Fsp3) is 0.211. The lowest BCUT2D eigenvalue weighted by atomic mass is 10.2. The van der Waals surface area contributed by atoms with Crippen molar-refractivity contribution < 1.29 is 23.2 Å². The first kappa shape index (κ1) is 19.7. The number of carbonyl (C=O) groups excluding carboxylic acids is 1. The maximum absolute atomic E-state index is 13.0. The average Bonchev–Trinajstić information content (AvgIpc) is 3.17. The van der Waals surface area contributed by atoms with Crippen molar-refractivity contribution in [2.24, 2.45) is 0 Å². The number of halogens is 1. The molecule has 0 aliphatic carbocycles. The molecule has 0 spiro atoms. The van der Waals surface area contributed by atoms with Crippen molar-refractivity contribution in [3.05, 3.63) is 54.2 Å². The quantitative estimate of drug-likeness (QED) is 0.613. The number of amides is 1. The van der Waals surface area contributed by atoms with Gasteiger partial charge in [0.2, 0.25) is 17.6 Å². The summed E-state index contributed by atoms with van der Waals surface area (Å²) in [4.78, 5) is 16.5. The first-order valence-corrected chi connectivity index (χ1v) is 9.42. The van der Waals surface area contributed by atoms with Crippen molar-refractivity contribution in [1.82, 2.24) is 10.1 Å². The van der Waals surface area contributed by atoms with Crippen molar-refractivity contribution in [1.29, 1.82) is 0 Å². The minimum Gasteiger partial charge on any atom is -0.497 e. The van der Waals surface area contributed by atoms with E-state index in [1.807, 2.05) is 0 Å². The molecule has 1 heterocycles. The Balaban J connectivity index is 1.53. The van der Waals surface area contributed by atoms with Crippen LogP contribution in [-0.4, -0.2) is 36.0 Å². The molecule has 1 N–H and O–H groups in total. The lowest BCUT2D eigenvalue weighted by molar-refractivity contribution is -0.113. The van der Waals surface area contributed by atoms with Crippen LogP contribution in [0.3, 0.4) is 0 Å². The standard InChI is InChI=1S/C19H18FN3O4S/c1-25-14-7-8-16(26-2)15(9-14)21-17(24)10-28-11-18-22-19(23-27-18)12-3-5-13(20)6-4-12/h3-9H,10-11H2,1-2H3,(H,21,24). The van der Waals surface area contributed by atoms with Gasteiger partial charge < -0.3 is 19.3 Å². The lowest BCUT2D eigenvalue weighted by Gasteiger charge is -2.11. The molecule has 7 nitrogen and oxygen atoms in total. The molecule has 0 unspecified atom stereocenters. The number of hydrogen-bond donors (Lipinski definition) is 1. The first-order chi connectivity index (χ1) is 13.6. The fourth-order valence-electron chi connectivity index (χ4n) is 2.36. The molecule has 1 amide bonds. The van der Waals surface area contributed by atoms with Gasteiger partial charge in [0.15, 0.2) is 0 Å². The first-order valence-electron chi connectivity index (χ1n) is 8.27. The normalized spacial score (nSPS) is 10.5. The second-order valence-electron chi connectivity index (χ2n) is 5.63. The Bertz CT molecular complexity index is 947. The monoisotopic (exact) mass is 403 g/mol. The van der Waals surface area contributed by atoms with E-state index in [0.717, 1.165) is 0 Å². The number of methoxy groups -OCH3 is 2. The van der Waals surface area contributed by atoms with Crippen LogP contribution < -0.4 is 14.8 Å². The van der Waals surface area contributed by atoms with Crippen LogP contribution in [0.1, 0.15) is 5.89 Å². The van der Waals surface area contributed by atoms with E-state index in [1.165, 1.54) is 31.0 Å². The number of carbonyl (C=O) groups is 1. The third-order valence-electron chi connectivity index (χ3n) is 3.71. The minimum atomic E-state index is -0.332. The third-order valence-corrected chi connectivity index (χ3v) is 4.63. The highest BCUT2D eigenvalue weighted by Gasteiger charge is 2.12. The Labute approximate surface area is 165 Å². The van der Waals surface area contributed by atoms with E-state index < -0.39 is 0 Å². The van der Waals surface area contributed by atoms with E-state index in [-0.39, 0.29) is 17.5 Å². The highest BCUT2D eigenvalue weighted by molar-refractivity contribution is 7.99. The molecule has 3 aromatic rings. The predicted molar refractivity (Wildman–Crippen MR) is 104 cm³/mol. The Kier molecular flexibility index (Phi) is 6.49. The van der Waals surface area contributed by atoms with Crippen LogP contribution in [0.25, 0.3) is 11.4 Å². The number of nitrogens with zero attached hydrogens (tertiary/aromatic N) is 2. The lowest BCUT2D eigenvalue weighted by Crippen LogP contribution is -2.15. The molecule has 28 heavy (non-hydrogen) atoms. The Hall–Kier alpha value is -3.07. The van der Waals surface area contributed by atoms with Gasteiger partial charge in [0.05, 0.1) is 31.4 Å². The Morgan fingerprint density at radius 3 is 2.68 bits per heavy atom. The van der Waals surface area contributed by atoms with Crippen LogP contribution in [0.5, 0.6) is 11.5 Å². The number of aromatic nitrogens is 2. The van der Waals surface area contributed by atoms with Crippen LogP contribution in [0.15, 0.2) is 47.0 Å². The van der Waals surface area contributed by atoms with Gasteiger partial charge >= 0.3 is 0 Å². The van der Waals surface area contributed by atoms with Crippen LogP contribution in [0.2, 0.25) is 0 Å². The molecule has 0 aliphatic heterocycles. The fourth-order valence-corrected chi connectivity index (χ4v) is 3.01. The highest BCUT2D eigenvalue weighted by atomic mass is 32.2. The van der Waals surface area contributed by atoms with Crippen LogP contribution in [-0.2, 0) is 10.5 Å². The van der Waals surface area contributed by atoms with Crippen molar-refractivity contribution in [2.75, 3.05) is 25.3 Å². The largest absolute Gasteiger partial charge is 0.497 e. The number of benzene rings is 2. The van der Waals surface area contributed by atoms with E-state index in [4.69, 9.17) is 14.0 Å². The van der Waals surface area contributed by atoms with E-state index in [0.29, 0.717) is 40.2 Å². The van der Waals surface area contributed by atoms with E-state index in [9.17, 15) is 9.18 Å². The number of anilines is 1. The molecule has 3 rings (SSSR count). The number of ether oxygens (including phenoxy) is 2. The molecule has 0 saturated heterocycles. The van der Waals surface area contributed by atoms with Gasteiger partial charge in [0.1, 0.15) is 17.3 Å². The SMILES string of the molecule is COc1ccc(OC)c(NC(=O)CSCc2nc(-c3ccc(F)cc3)no2)c1. The summed E-state index contributed by atoms with van der Waals surface area (Å²) < 4.78 is 28.5. The summed E-state index contributed by atoms with van der Waals surface area (Å²) in [6.07, 6.45) is 0. The topological polar surface area (TPSA) is 86.5 Å². The molecule has 146 valence electrons. The summed E-state index contributed by atoms with van der Waals surface area (Å²) >= 11 is 1.33. The summed E-state index contributed by atoms with van der Waals surface area (Å²) in [5, 5.41) is 6.66. The molecule has 9 heteroatoms. The van der Waals surface area contributed by atoms with Gasteiger partial charge in [0, 0.05) is 11.6 Å². The molecule has 0 radical (unpaired) electrons. The number of nitrogens with one attached hydrogen (secondary N) is 1. The molecular weight excluding hydrogens is 385 g/mol. The van der Waals surface area contributed by atoms with Crippen molar-refractivity contribution in [3.63, 3.8) is 0 Å². The molecule has 0 fully saturated rings. The molecule has 1 aromatic heterocycles. The van der Waals surface area contributed by atoms with Crippen molar-refractivity contribution in [3.8, 4) is 22.9 Å². The second kappa shape index (κ2) is 9.23. The third kappa shape index (κ3) is 5.01. The number of hydrogen-bond acceptors (Lipinski definition) is 7. The highest BCUT2D eigenvalue weighted by Crippen LogP contribution is 2.29. The van der Waals surface area contributed by atoms with Gasteiger partial charge in [-0.3, -0.25) is 4.79 Å². The van der Waals surface area contributed by atoms with Crippen molar-refractivity contribution in [2.45, 2.75) is 5.75 Å². The summed E-state index contributed by atoms with van der Waals surface area (Å²) in [5.41, 5.74) is 1.19. The van der Waals surface area contributed by atoms with E-state index >= 15 is 0 Å². The summed E-state index contributed by atoms with van der Waals surface area (Å²) in [5.74, 6) is 1.95. The zero-order valence-corrected chi connectivity index (χ0v) is 16.1. The second-order valence-corrected chi connectivity index (χ2v) is 6.61. The zero-order valence-electron chi connectivity index (χ0n) is 15.3. The smallest absolute Gasteiger partial charge is 0.236 e.